The van der Waals surface area contributed by atoms with Crippen LogP contribution >= 0.6 is 0 Å². The second-order valence-corrected chi connectivity index (χ2v) is 6.12. The molecular formula is C19H17N5O2. The zero-order chi connectivity index (χ0) is 18.1. The van der Waals surface area contributed by atoms with Crippen LogP contribution in [0.15, 0.2) is 53.2 Å². The minimum Gasteiger partial charge on any atom is -0.356 e. The smallest absolute Gasteiger partial charge is 0.231 e. The third kappa shape index (κ3) is 3.06. The van der Waals surface area contributed by atoms with Gasteiger partial charge in [0.1, 0.15) is 11.5 Å². The van der Waals surface area contributed by atoms with Crippen LogP contribution in [0.1, 0.15) is 17.0 Å². The molecule has 0 aliphatic carbocycles. The average molecular weight is 347 g/mol. The Bertz CT molecular complexity index is 1100. The maximum atomic E-state index is 12.5. The van der Waals surface area contributed by atoms with Crippen molar-refractivity contribution in [1.82, 2.24) is 19.9 Å². The van der Waals surface area contributed by atoms with E-state index in [9.17, 15) is 4.79 Å². The summed E-state index contributed by atoms with van der Waals surface area (Å²) in [4.78, 5) is 16.9. The van der Waals surface area contributed by atoms with Crippen molar-refractivity contribution in [1.29, 1.82) is 0 Å². The van der Waals surface area contributed by atoms with Crippen molar-refractivity contribution in [2.45, 2.75) is 20.3 Å². The highest BCUT2D eigenvalue weighted by atomic mass is 16.5. The minimum absolute atomic E-state index is 0.114. The van der Waals surface area contributed by atoms with Gasteiger partial charge in [-0.3, -0.25) is 4.79 Å². The molecule has 130 valence electrons. The molecule has 0 unspecified atom stereocenters. The summed E-state index contributed by atoms with van der Waals surface area (Å²) in [7, 11) is 0. The summed E-state index contributed by atoms with van der Waals surface area (Å²) in [5.41, 5.74) is 3.12. The third-order valence-electron chi connectivity index (χ3n) is 4.00. The number of hydrogen-bond donors (Lipinski definition) is 1. The van der Waals surface area contributed by atoms with Crippen LogP contribution in [0.5, 0.6) is 0 Å². The first kappa shape index (κ1) is 16.0. The molecule has 7 nitrogen and oxygen atoms in total. The number of aryl methyl sites for hydroxylation is 2. The molecule has 4 rings (SSSR count). The van der Waals surface area contributed by atoms with Gasteiger partial charge in [-0.25, -0.2) is 4.98 Å². The fourth-order valence-electron chi connectivity index (χ4n) is 2.80. The number of hydrogen-bond acceptors (Lipinski definition) is 5. The summed E-state index contributed by atoms with van der Waals surface area (Å²) in [6.07, 6.45) is 1.83. The SMILES string of the molecule is Cc1ccnc(-n2nc(C)cc2NC(=O)Cc2noc3ccccc23)c1. The Hall–Kier alpha value is -3.48. The van der Waals surface area contributed by atoms with E-state index < -0.39 is 0 Å². The Morgan fingerprint density at radius 1 is 1.19 bits per heavy atom. The molecule has 0 radical (unpaired) electrons. The summed E-state index contributed by atoms with van der Waals surface area (Å²) in [5.74, 6) is 1.02. The lowest BCUT2D eigenvalue weighted by Gasteiger charge is -2.08. The first-order valence-corrected chi connectivity index (χ1v) is 8.23. The van der Waals surface area contributed by atoms with E-state index in [1.165, 1.54) is 0 Å². The molecule has 0 saturated carbocycles. The molecule has 0 spiro atoms. The monoisotopic (exact) mass is 347 g/mol. The fourth-order valence-corrected chi connectivity index (χ4v) is 2.80. The zero-order valence-corrected chi connectivity index (χ0v) is 14.4. The standard InChI is InChI=1S/C19H17N5O2/c1-12-7-8-20-17(9-12)24-18(10-13(2)22-24)21-19(25)11-15-14-5-3-4-6-16(14)26-23-15/h3-10H,11H2,1-2H3,(H,21,25). The van der Waals surface area contributed by atoms with Gasteiger partial charge in [0.25, 0.3) is 0 Å². The molecule has 4 aromatic rings. The van der Waals surface area contributed by atoms with E-state index in [1.54, 1.807) is 10.9 Å². The second-order valence-electron chi connectivity index (χ2n) is 6.12. The molecule has 0 aliphatic heterocycles. The van der Waals surface area contributed by atoms with Gasteiger partial charge >= 0.3 is 0 Å². The Balaban J connectivity index is 1.58. The predicted octanol–water partition coefficient (Wildman–Crippen LogP) is 3.21. The number of carbonyl (C=O) groups excluding carboxylic acids is 1. The normalized spacial score (nSPS) is 11.0. The van der Waals surface area contributed by atoms with Crippen LogP contribution in [-0.2, 0) is 11.2 Å². The molecule has 3 heterocycles. The highest BCUT2D eigenvalue weighted by molar-refractivity contribution is 5.94. The van der Waals surface area contributed by atoms with Gasteiger partial charge in [-0.05, 0) is 43.7 Å². The molecule has 7 heteroatoms. The maximum Gasteiger partial charge on any atom is 0.231 e. The quantitative estimate of drug-likeness (QED) is 0.613. The zero-order valence-electron chi connectivity index (χ0n) is 14.4. The van der Waals surface area contributed by atoms with Gasteiger partial charge in [-0.15, -0.1) is 0 Å². The molecule has 1 N–H and O–H groups in total. The van der Waals surface area contributed by atoms with Crippen molar-refractivity contribution < 1.29 is 9.32 Å². The van der Waals surface area contributed by atoms with E-state index in [0.29, 0.717) is 22.9 Å². The van der Waals surface area contributed by atoms with E-state index >= 15 is 0 Å². The Labute approximate surface area is 149 Å². The number of benzene rings is 1. The van der Waals surface area contributed by atoms with Gasteiger partial charge in [-0.1, -0.05) is 17.3 Å². The van der Waals surface area contributed by atoms with E-state index in [-0.39, 0.29) is 12.3 Å². The van der Waals surface area contributed by atoms with Crippen LogP contribution in [-0.4, -0.2) is 25.8 Å². The van der Waals surface area contributed by atoms with Crippen LogP contribution in [0.2, 0.25) is 0 Å². The summed E-state index contributed by atoms with van der Waals surface area (Å²) < 4.78 is 6.88. The first-order valence-electron chi connectivity index (χ1n) is 8.23. The molecule has 26 heavy (non-hydrogen) atoms. The number of para-hydroxylation sites is 1. The van der Waals surface area contributed by atoms with E-state index in [2.05, 4.69) is 20.6 Å². The molecule has 0 bridgehead atoms. The van der Waals surface area contributed by atoms with Crippen molar-refractivity contribution in [3.05, 3.63) is 65.6 Å². The summed E-state index contributed by atoms with van der Waals surface area (Å²) in [6, 6.07) is 13.1. The van der Waals surface area contributed by atoms with Gasteiger partial charge in [0, 0.05) is 17.6 Å². The molecule has 3 aromatic heterocycles. The minimum atomic E-state index is -0.196. The molecule has 0 saturated heterocycles. The molecule has 1 aromatic carbocycles. The van der Waals surface area contributed by atoms with Gasteiger partial charge < -0.3 is 9.84 Å². The van der Waals surface area contributed by atoms with Crippen LogP contribution < -0.4 is 5.32 Å². The first-order chi connectivity index (χ1) is 12.6. The highest BCUT2D eigenvalue weighted by Gasteiger charge is 2.15. The van der Waals surface area contributed by atoms with E-state index in [0.717, 1.165) is 16.6 Å². The largest absolute Gasteiger partial charge is 0.356 e. The number of nitrogens with one attached hydrogen (secondary N) is 1. The second kappa shape index (κ2) is 6.44. The molecule has 0 aliphatic rings. The van der Waals surface area contributed by atoms with Crippen LogP contribution in [0.25, 0.3) is 16.8 Å². The van der Waals surface area contributed by atoms with Crippen LogP contribution in [0, 0.1) is 13.8 Å². The van der Waals surface area contributed by atoms with Crippen molar-refractivity contribution in [3.63, 3.8) is 0 Å². The third-order valence-corrected chi connectivity index (χ3v) is 4.00. The number of anilines is 1. The summed E-state index contributed by atoms with van der Waals surface area (Å²) >= 11 is 0. The van der Waals surface area contributed by atoms with Crippen LogP contribution in [0.4, 0.5) is 5.82 Å². The Morgan fingerprint density at radius 2 is 2.04 bits per heavy atom. The van der Waals surface area contributed by atoms with Crippen molar-refractivity contribution in [3.8, 4) is 5.82 Å². The number of pyridine rings is 1. The van der Waals surface area contributed by atoms with Gasteiger partial charge in [0.15, 0.2) is 11.4 Å². The maximum absolute atomic E-state index is 12.5. The molecule has 0 atom stereocenters. The number of carbonyl (C=O) groups is 1. The van der Waals surface area contributed by atoms with Crippen molar-refractivity contribution in [2.75, 3.05) is 5.32 Å². The molecular weight excluding hydrogens is 330 g/mol. The van der Waals surface area contributed by atoms with Crippen molar-refractivity contribution >= 4 is 22.7 Å². The van der Waals surface area contributed by atoms with Crippen LogP contribution in [0.3, 0.4) is 0 Å². The Kier molecular flexibility index (Phi) is 3.96. The molecule has 0 fully saturated rings. The van der Waals surface area contributed by atoms with Gasteiger partial charge in [0.2, 0.25) is 5.91 Å². The van der Waals surface area contributed by atoms with E-state index in [4.69, 9.17) is 4.52 Å². The number of aromatic nitrogens is 4. The van der Waals surface area contributed by atoms with Crippen molar-refractivity contribution in [2.24, 2.45) is 0 Å². The highest BCUT2D eigenvalue weighted by Crippen LogP contribution is 2.20. The number of rotatable bonds is 4. The topological polar surface area (TPSA) is 85.8 Å². The average Bonchev–Trinajstić information content (AvgIpc) is 3.19. The number of fused-ring (bicyclic) bond motifs is 1. The Morgan fingerprint density at radius 3 is 2.88 bits per heavy atom. The van der Waals surface area contributed by atoms with Gasteiger partial charge in [0.05, 0.1) is 12.1 Å². The number of nitrogens with zero attached hydrogens (tertiary/aromatic N) is 4. The molecule has 1 amide bonds. The predicted molar refractivity (Wildman–Crippen MR) is 97.2 cm³/mol. The van der Waals surface area contributed by atoms with Gasteiger partial charge in [-0.2, -0.15) is 9.78 Å². The summed E-state index contributed by atoms with van der Waals surface area (Å²) in [5, 5.41) is 12.2. The number of amides is 1. The fraction of sp³-hybridized carbons (Fsp3) is 0.158. The summed E-state index contributed by atoms with van der Waals surface area (Å²) in [6.45, 7) is 3.85. The lowest BCUT2D eigenvalue weighted by Crippen LogP contribution is -2.17. The lowest BCUT2D eigenvalue weighted by atomic mass is 10.1. The lowest BCUT2D eigenvalue weighted by molar-refractivity contribution is -0.115. The van der Waals surface area contributed by atoms with E-state index in [1.807, 2.05) is 56.3 Å².